The molecule has 3 aromatic carbocycles. The second kappa shape index (κ2) is 10.1. The maximum absolute atomic E-state index is 12.6. The summed E-state index contributed by atoms with van der Waals surface area (Å²) in [6.45, 7) is 4.82. The molecule has 1 fully saturated rings. The van der Waals surface area contributed by atoms with E-state index in [1.165, 1.54) is 5.56 Å². The van der Waals surface area contributed by atoms with Crippen LogP contribution in [0, 0.1) is 0 Å². The average molecular weight is 402 g/mol. The van der Waals surface area contributed by atoms with Crippen molar-refractivity contribution < 1.29 is 14.3 Å². The van der Waals surface area contributed by atoms with Crippen molar-refractivity contribution >= 4 is 5.91 Å². The standard InChI is InChI=1S/C25H26N2O3/c28-25(20-10-12-24(13-11-20)30-23-8-2-1-3-9-23)26-18-21-6-4-5-7-22(21)19-27-14-16-29-17-15-27/h1-13H,14-19H2,(H,26,28). The Morgan fingerprint density at radius 3 is 2.20 bits per heavy atom. The smallest absolute Gasteiger partial charge is 0.251 e. The molecule has 154 valence electrons. The number of morpholine rings is 1. The average Bonchev–Trinajstić information content (AvgIpc) is 2.80. The van der Waals surface area contributed by atoms with E-state index in [4.69, 9.17) is 9.47 Å². The molecule has 0 saturated carbocycles. The SMILES string of the molecule is O=C(NCc1ccccc1CN1CCOCC1)c1ccc(Oc2ccccc2)cc1. The molecule has 3 aromatic rings. The summed E-state index contributed by atoms with van der Waals surface area (Å²) in [6, 6.07) is 25.1. The second-order valence-corrected chi connectivity index (χ2v) is 7.28. The topological polar surface area (TPSA) is 50.8 Å². The molecule has 30 heavy (non-hydrogen) atoms. The highest BCUT2D eigenvalue weighted by atomic mass is 16.5. The second-order valence-electron chi connectivity index (χ2n) is 7.28. The van der Waals surface area contributed by atoms with E-state index in [0.29, 0.717) is 17.9 Å². The number of rotatable bonds is 7. The third-order valence-corrected chi connectivity index (χ3v) is 5.15. The number of amides is 1. The van der Waals surface area contributed by atoms with Crippen molar-refractivity contribution in [2.45, 2.75) is 13.1 Å². The molecule has 4 rings (SSSR count). The summed E-state index contributed by atoms with van der Waals surface area (Å²) >= 11 is 0. The molecule has 0 spiro atoms. The van der Waals surface area contributed by atoms with Crippen LogP contribution in [0.1, 0.15) is 21.5 Å². The van der Waals surface area contributed by atoms with Crippen LogP contribution in [0.3, 0.4) is 0 Å². The lowest BCUT2D eigenvalue weighted by molar-refractivity contribution is 0.0340. The van der Waals surface area contributed by atoms with Gasteiger partial charge in [-0.1, -0.05) is 42.5 Å². The van der Waals surface area contributed by atoms with Gasteiger partial charge in [0.25, 0.3) is 5.91 Å². The van der Waals surface area contributed by atoms with Crippen molar-refractivity contribution in [3.8, 4) is 11.5 Å². The lowest BCUT2D eigenvalue weighted by atomic mass is 10.1. The predicted molar refractivity (Wildman–Crippen MR) is 117 cm³/mol. The minimum Gasteiger partial charge on any atom is -0.457 e. The Balaban J connectivity index is 1.34. The number of nitrogens with one attached hydrogen (secondary N) is 1. The van der Waals surface area contributed by atoms with Gasteiger partial charge < -0.3 is 14.8 Å². The van der Waals surface area contributed by atoms with Gasteiger partial charge in [-0.15, -0.1) is 0 Å². The Hall–Kier alpha value is -3.15. The first-order chi connectivity index (χ1) is 14.8. The van der Waals surface area contributed by atoms with E-state index >= 15 is 0 Å². The van der Waals surface area contributed by atoms with E-state index in [1.807, 2.05) is 54.6 Å². The van der Waals surface area contributed by atoms with Gasteiger partial charge in [0.1, 0.15) is 11.5 Å². The van der Waals surface area contributed by atoms with Gasteiger partial charge in [-0.3, -0.25) is 9.69 Å². The lowest BCUT2D eigenvalue weighted by Gasteiger charge is -2.27. The molecule has 1 N–H and O–H groups in total. The summed E-state index contributed by atoms with van der Waals surface area (Å²) in [7, 11) is 0. The normalized spacial score (nSPS) is 14.3. The van der Waals surface area contributed by atoms with Crippen LogP contribution in [0.2, 0.25) is 0 Å². The molecule has 0 atom stereocenters. The van der Waals surface area contributed by atoms with Crippen molar-refractivity contribution in [1.29, 1.82) is 0 Å². The molecular weight excluding hydrogens is 376 g/mol. The van der Waals surface area contributed by atoms with Crippen molar-refractivity contribution in [3.05, 3.63) is 95.6 Å². The van der Waals surface area contributed by atoms with Gasteiger partial charge in [-0.2, -0.15) is 0 Å². The first kappa shape index (κ1) is 20.1. The molecule has 5 heteroatoms. The molecular formula is C25H26N2O3. The fourth-order valence-electron chi connectivity index (χ4n) is 3.46. The molecule has 0 aliphatic carbocycles. The fourth-order valence-corrected chi connectivity index (χ4v) is 3.46. The minimum absolute atomic E-state index is 0.0950. The van der Waals surface area contributed by atoms with Crippen LogP contribution in [0.25, 0.3) is 0 Å². The summed E-state index contributed by atoms with van der Waals surface area (Å²) in [5, 5.41) is 3.04. The fraction of sp³-hybridized carbons (Fsp3) is 0.240. The van der Waals surface area contributed by atoms with Crippen LogP contribution in [0.15, 0.2) is 78.9 Å². The predicted octanol–water partition coefficient (Wildman–Crippen LogP) is 4.24. The molecule has 1 amide bonds. The Kier molecular flexibility index (Phi) is 6.75. The molecule has 1 saturated heterocycles. The Bertz CT molecular complexity index is 952. The molecule has 0 bridgehead atoms. The number of nitrogens with zero attached hydrogens (tertiary/aromatic N) is 1. The summed E-state index contributed by atoms with van der Waals surface area (Å²) in [4.78, 5) is 15.0. The largest absolute Gasteiger partial charge is 0.457 e. The third-order valence-electron chi connectivity index (χ3n) is 5.15. The van der Waals surface area contributed by atoms with Gasteiger partial charge in [0.05, 0.1) is 13.2 Å². The molecule has 1 aliphatic heterocycles. The van der Waals surface area contributed by atoms with Gasteiger partial charge in [0.15, 0.2) is 0 Å². The summed E-state index contributed by atoms with van der Waals surface area (Å²) < 4.78 is 11.2. The van der Waals surface area contributed by atoms with E-state index in [0.717, 1.165) is 44.2 Å². The van der Waals surface area contributed by atoms with E-state index in [1.54, 1.807) is 12.1 Å². The number of ether oxygens (including phenoxy) is 2. The van der Waals surface area contributed by atoms with Crippen LogP contribution >= 0.6 is 0 Å². The molecule has 0 unspecified atom stereocenters. The van der Waals surface area contributed by atoms with Crippen molar-refractivity contribution in [2.24, 2.45) is 0 Å². The quantitative estimate of drug-likeness (QED) is 0.642. The highest BCUT2D eigenvalue weighted by Gasteiger charge is 2.13. The van der Waals surface area contributed by atoms with Crippen LogP contribution in [0.5, 0.6) is 11.5 Å². The van der Waals surface area contributed by atoms with Crippen LogP contribution < -0.4 is 10.1 Å². The molecule has 1 aliphatic rings. The maximum atomic E-state index is 12.6. The zero-order valence-corrected chi connectivity index (χ0v) is 16.9. The van der Waals surface area contributed by atoms with Crippen molar-refractivity contribution in [2.75, 3.05) is 26.3 Å². The van der Waals surface area contributed by atoms with Crippen LogP contribution in [0.4, 0.5) is 0 Å². The molecule has 1 heterocycles. The van der Waals surface area contributed by atoms with Gasteiger partial charge >= 0.3 is 0 Å². The summed E-state index contributed by atoms with van der Waals surface area (Å²) in [6.07, 6.45) is 0. The van der Waals surface area contributed by atoms with Gasteiger partial charge in [0, 0.05) is 31.7 Å². The van der Waals surface area contributed by atoms with Crippen molar-refractivity contribution in [3.63, 3.8) is 0 Å². The van der Waals surface area contributed by atoms with Gasteiger partial charge in [-0.25, -0.2) is 0 Å². The number of hydrogen-bond donors (Lipinski definition) is 1. The lowest BCUT2D eigenvalue weighted by Crippen LogP contribution is -2.36. The minimum atomic E-state index is -0.0950. The van der Waals surface area contributed by atoms with Crippen molar-refractivity contribution in [1.82, 2.24) is 10.2 Å². The van der Waals surface area contributed by atoms with Gasteiger partial charge in [-0.05, 0) is 47.5 Å². The Morgan fingerprint density at radius 1 is 0.833 bits per heavy atom. The highest BCUT2D eigenvalue weighted by Crippen LogP contribution is 2.21. The third kappa shape index (κ3) is 5.47. The number of benzene rings is 3. The van der Waals surface area contributed by atoms with Crippen LogP contribution in [-0.2, 0) is 17.8 Å². The highest BCUT2D eigenvalue weighted by molar-refractivity contribution is 5.94. The Labute approximate surface area is 177 Å². The first-order valence-corrected chi connectivity index (χ1v) is 10.3. The monoisotopic (exact) mass is 402 g/mol. The maximum Gasteiger partial charge on any atom is 0.251 e. The van der Waals surface area contributed by atoms with E-state index < -0.39 is 0 Å². The molecule has 0 radical (unpaired) electrons. The number of para-hydroxylation sites is 1. The first-order valence-electron chi connectivity index (χ1n) is 10.3. The Morgan fingerprint density at radius 2 is 1.47 bits per heavy atom. The van der Waals surface area contributed by atoms with E-state index in [-0.39, 0.29) is 5.91 Å². The summed E-state index contributed by atoms with van der Waals surface area (Å²) in [5.74, 6) is 1.38. The van der Waals surface area contributed by atoms with E-state index in [2.05, 4.69) is 22.3 Å². The number of hydrogen-bond acceptors (Lipinski definition) is 4. The molecule has 5 nitrogen and oxygen atoms in total. The number of carbonyl (C=O) groups is 1. The summed E-state index contributed by atoms with van der Waals surface area (Å²) in [5.41, 5.74) is 2.99. The van der Waals surface area contributed by atoms with Crippen LogP contribution in [-0.4, -0.2) is 37.1 Å². The molecule has 0 aromatic heterocycles. The zero-order chi connectivity index (χ0) is 20.6. The number of carbonyl (C=O) groups excluding carboxylic acids is 1. The van der Waals surface area contributed by atoms with Gasteiger partial charge in [0.2, 0.25) is 0 Å². The zero-order valence-electron chi connectivity index (χ0n) is 16.9. The van der Waals surface area contributed by atoms with E-state index in [9.17, 15) is 4.79 Å².